The number of carbonyl (C=O) groups is 2. The van der Waals surface area contributed by atoms with Crippen molar-refractivity contribution in [2.75, 3.05) is 18.5 Å². The molecule has 1 amide bonds. The van der Waals surface area contributed by atoms with E-state index < -0.39 is 18.0 Å². The molecule has 0 radical (unpaired) electrons. The van der Waals surface area contributed by atoms with Crippen LogP contribution in [0, 0.1) is 0 Å². The number of carbonyl (C=O) groups excluding carboxylic acids is 2. The number of benzene rings is 2. The van der Waals surface area contributed by atoms with E-state index in [0.29, 0.717) is 35.4 Å². The minimum absolute atomic E-state index is 0.0369. The van der Waals surface area contributed by atoms with Crippen molar-refractivity contribution in [3.05, 3.63) is 53.1 Å². The minimum atomic E-state index is -0.921. The first-order valence-electron chi connectivity index (χ1n) is 8.16. The van der Waals surface area contributed by atoms with E-state index >= 15 is 0 Å². The summed E-state index contributed by atoms with van der Waals surface area (Å²) >= 11 is 5.80. The van der Waals surface area contributed by atoms with Crippen molar-refractivity contribution in [1.29, 1.82) is 0 Å². The summed E-state index contributed by atoms with van der Waals surface area (Å²) in [6, 6.07) is 11.9. The molecule has 26 heavy (non-hydrogen) atoms. The minimum Gasteiger partial charge on any atom is -0.486 e. The Bertz CT molecular complexity index is 806. The maximum absolute atomic E-state index is 12.1. The SMILES string of the molecule is CC(OC(=O)Cc1ccc2c(c1)OCCO2)C(=O)Nc1ccc(Cl)cc1. The summed E-state index contributed by atoms with van der Waals surface area (Å²) < 4.78 is 16.1. The molecule has 0 aromatic heterocycles. The molecule has 1 atom stereocenters. The average Bonchev–Trinajstić information content (AvgIpc) is 2.63. The van der Waals surface area contributed by atoms with Gasteiger partial charge < -0.3 is 19.5 Å². The molecule has 0 saturated carbocycles. The van der Waals surface area contributed by atoms with Crippen LogP contribution < -0.4 is 14.8 Å². The molecule has 3 rings (SSSR count). The molecule has 1 N–H and O–H groups in total. The van der Waals surface area contributed by atoms with Crippen LogP contribution in [0.25, 0.3) is 0 Å². The lowest BCUT2D eigenvalue weighted by molar-refractivity contribution is -0.152. The van der Waals surface area contributed by atoms with E-state index in [0.717, 1.165) is 5.56 Å². The lowest BCUT2D eigenvalue weighted by Crippen LogP contribution is -2.30. The number of amides is 1. The van der Waals surface area contributed by atoms with Gasteiger partial charge in [0.15, 0.2) is 17.6 Å². The molecule has 1 heterocycles. The van der Waals surface area contributed by atoms with Crippen LogP contribution in [0.2, 0.25) is 5.02 Å². The number of esters is 1. The van der Waals surface area contributed by atoms with E-state index in [-0.39, 0.29) is 6.42 Å². The third-order valence-corrected chi connectivity index (χ3v) is 4.00. The highest BCUT2D eigenvalue weighted by Crippen LogP contribution is 2.30. The largest absolute Gasteiger partial charge is 0.486 e. The molecule has 0 aliphatic carbocycles. The fourth-order valence-electron chi connectivity index (χ4n) is 2.43. The molecule has 0 spiro atoms. The molecule has 7 heteroatoms. The molecule has 0 fully saturated rings. The lowest BCUT2D eigenvalue weighted by atomic mass is 10.1. The molecule has 0 bridgehead atoms. The van der Waals surface area contributed by atoms with Crippen molar-refractivity contribution < 1.29 is 23.8 Å². The monoisotopic (exact) mass is 375 g/mol. The Morgan fingerprint density at radius 3 is 2.54 bits per heavy atom. The molecule has 1 aliphatic heterocycles. The average molecular weight is 376 g/mol. The number of hydrogen-bond donors (Lipinski definition) is 1. The summed E-state index contributed by atoms with van der Waals surface area (Å²) in [4.78, 5) is 24.2. The highest BCUT2D eigenvalue weighted by molar-refractivity contribution is 6.30. The number of ether oxygens (including phenoxy) is 3. The van der Waals surface area contributed by atoms with Gasteiger partial charge in [-0.25, -0.2) is 0 Å². The van der Waals surface area contributed by atoms with Crippen molar-refractivity contribution in [3.63, 3.8) is 0 Å². The second kappa shape index (κ2) is 8.10. The highest BCUT2D eigenvalue weighted by atomic mass is 35.5. The van der Waals surface area contributed by atoms with Gasteiger partial charge in [-0.3, -0.25) is 9.59 Å². The molecule has 136 valence electrons. The molecular formula is C19H18ClNO5. The maximum Gasteiger partial charge on any atom is 0.311 e. The number of hydrogen-bond acceptors (Lipinski definition) is 5. The molecule has 0 saturated heterocycles. The van der Waals surface area contributed by atoms with Crippen molar-refractivity contribution >= 4 is 29.2 Å². The zero-order valence-electron chi connectivity index (χ0n) is 14.2. The van der Waals surface area contributed by atoms with Gasteiger partial charge in [0.2, 0.25) is 0 Å². The van der Waals surface area contributed by atoms with Gasteiger partial charge in [-0.05, 0) is 48.9 Å². The maximum atomic E-state index is 12.1. The van der Waals surface area contributed by atoms with Crippen LogP contribution >= 0.6 is 11.6 Å². The first-order valence-corrected chi connectivity index (χ1v) is 8.53. The molecule has 2 aromatic rings. The van der Waals surface area contributed by atoms with Crippen LogP contribution in [0.1, 0.15) is 12.5 Å². The summed E-state index contributed by atoms with van der Waals surface area (Å²) in [6.45, 7) is 2.50. The second-order valence-corrected chi connectivity index (χ2v) is 6.22. The Labute approximate surface area is 156 Å². The third kappa shape index (κ3) is 4.67. The van der Waals surface area contributed by atoms with Gasteiger partial charge in [-0.1, -0.05) is 17.7 Å². The Balaban J connectivity index is 1.53. The number of fused-ring (bicyclic) bond motifs is 1. The lowest BCUT2D eigenvalue weighted by Gasteiger charge is -2.19. The smallest absolute Gasteiger partial charge is 0.311 e. The van der Waals surface area contributed by atoms with Gasteiger partial charge in [-0.15, -0.1) is 0 Å². The summed E-state index contributed by atoms with van der Waals surface area (Å²) in [5.74, 6) is 0.349. The van der Waals surface area contributed by atoms with Gasteiger partial charge >= 0.3 is 5.97 Å². The van der Waals surface area contributed by atoms with Crippen molar-refractivity contribution in [3.8, 4) is 11.5 Å². The normalized spacial score (nSPS) is 13.6. The van der Waals surface area contributed by atoms with E-state index in [1.165, 1.54) is 6.92 Å². The first-order chi connectivity index (χ1) is 12.5. The Kier molecular flexibility index (Phi) is 5.63. The van der Waals surface area contributed by atoms with E-state index in [1.807, 2.05) is 0 Å². The molecule has 2 aromatic carbocycles. The van der Waals surface area contributed by atoms with Crippen LogP contribution in [0.5, 0.6) is 11.5 Å². The first kappa shape index (κ1) is 18.1. The van der Waals surface area contributed by atoms with E-state index in [9.17, 15) is 9.59 Å². The summed E-state index contributed by atoms with van der Waals surface area (Å²) in [5, 5.41) is 3.24. The highest BCUT2D eigenvalue weighted by Gasteiger charge is 2.19. The summed E-state index contributed by atoms with van der Waals surface area (Å²) in [5.41, 5.74) is 1.30. The molecular weight excluding hydrogens is 358 g/mol. The predicted octanol–water partition coefficient (Wildman–Crippen LogP) is 3.22. The van der Waals surface area contributed by atoms with Gasteiger partial charge in [0.1, 0.15) is 13.2 Å². The summed E-state index contributed by atoms with van der Waals surface area (Å²) in [6.07, 6.45) is -0.884. The summed E-state index contributed by atoms with van der Waals surface area (Å²) in [7, 11) is 0. The Morgan fingerprint density at radius 1 is 1.12 bits per heavy atom. The third-order valence-electron chi connectivity index (χ3n) is 3.74. The fourth-order valence-corrected chi connectivity index (χ4v) is 2.56. The van der Waals surface area contributed by atoms with Gasteiger partial charge in [-0.2, -0.15) is 0 Å². The van der Waals surface area contributed by atoms with Crippen LogP contribution in [0.4, 0.5) is 5.69 Å². The van der Waals surface area contributed by atoms with E-state index in [4.69, 9.17) is 25.8 Å². The quantitative estimate of drug-likeness (QED) is 0.812. The van der Waals surface area contributed by atoms with Gasteiger partial charge in [0, 0.05) is 10.7 Å². The van der Waals surface area contributed by atoms with E-state index in [1.54, 1.807) is 42.5 Å². The van der Waals surface area contributed by atoms with E-state index in [2.05, 4.69) is 5.32 Å². The van der Waals surface area contributed by atoms with Crippen molar-refractivity contribution in [2.24, 2.45) is 0 Å². The number of anilines is 1. The standard InChI is InChI=1S/C19H18ClNO5/c1-12(19(23)21-15-5-3-14(20)4-6-15)26-18(22)11-13-2-7-16-17(10-13)25-9-8-24-16/h2-7,10,12H,8-9,11H2,1H3,(H,21,23). The van der Waals surface area contributed by atoms with Crippen molar-refractivity contribution in [2.45, 2.75) is 19.4 Å². The predicted molar refractivity (Wildman–Crippen MR) is 96.8 cm³/mol. The fraction of sp³-hybridized carbons (Fsp3) is 0.263. The van der Waals surface area contributed by atoms with Crippen LogP contribution in [0.3, 0.4) is 0 Å². The zero-order chi connectivity index (χ0) is 18.5. The van der Waals surface area contributed by atoms with Crippen LogP contribution in [-0.4, -0.2) is 31.2 Å². The Morgan fingerprint density at radius 2 is 1.81 bits per heavy atom. The van der Waals surface area contributed by atoms with Crippen molar-refractivity contribution in [1.82, 2.24) is 0 Å². The van der Waals surface area contributed by atoms with Gasteiger partial charge in [0.25, 0.3) is 5.91 Å². The Hall–Kier alpha value is -2.73. The molecule has 1 unspecified atom stereocenters. The molecule has 1 aliphatic rings. The van der Waals surface area contributed by atoms with Gasteiger partial charge in [0.05, 0.1) is 6.42 Å². The second-order valence-electron chi connectivity index (χ2n) is 5.78. The number of nitrogens with one attached hydrogen (secondary N) is 1. The molecule has 6 nitrogen and oxygen atoms in total. The number of rotatable bonds is 5. The van der Waals surface area contributed by atoms with Crippen LogP contribution in [0.15, 0.2) is 42.5 Å². The topological polar surface area (TPSA) is 73.9 Å². The number of halogens is 1. The van der Waals surface area contributed by atoms with Crippen LogP contribution in [-0.2, 0) is 20.7 Å². The zero-order valence-corrected chi connectivity index (χ0v) is 14.9.